The van der Waals surface area contributed by atoms with Crippen LogP contribution in [0.1, 0.15) is 30.2 Å². The second-order valence-corrected chi connectivity index (χ2v) is 8.45. The van der Waals surface area contributed by atoms with E-state index in [-0.39, 0.29) is 36.1 Å². The minimum absolute atomic E-state index is 0.00302. The Morgan fingerprint density at radius 2 is 1.93 bits per heavy atom. The molecule has 0 radical (unpaired) electrons. The zero-order chi connectivity index (χ0) is 20.6. The minimum atomic E-state index is -0.314. The summed E-state index contributed by atoms with van der Waals surface area (Å²) in [5, 5.41) is 7.89. The van der Waals surface area contributed by atoms with Crippen LogP contribution in [0.5, 0.6) is 0 Å². The van der Waals surface area contributed by atoms with Crippen LogP contribution in [0.2, 0.25) is 0 Å². The van der Waals surface area contributed by atoms with Crippen LogP contribution in [0.15, 0.2) is 41.8 Å². The summed E-state index contributed by atoms with van der Waals surface area (Å²) in [7, 11) is 0. The summed E-state index contributed by atoms with van der Waals surface area (Å²) in [5.74, 6) is -0.320. The number of hydrogen-bond donors (Lipinski definition) is 2. The number of halogens is 1. The molecule has 1 fully saturated rings. The van der Waals surface area contributed by atoms with Gasteiger partial charge in [0.15, 0.2) is 0 Å². The number of carbonyl (C=O) groups is 2. The monoisotopic (exact) mass is 417 g/mol. The molecule has 3 rings (SSSR count). The average Bonchev–Trinajstić information content (AvgIpc) is 3.26. The highest BCUT2D eigenvalue weighted by molar-refractivity contribution is 7.09. The van der Waals surface area contributed by atoms with Crippen molar-refractivity contribution in [3.05, 3.63) is 58.0 Å². The molecule has 5 nitrogen and oxygen atoms in total. The number of nitrogens with one attached hydrogen (secondary N) is 2. The van der Waals surface area contributed by atoms with Gasteiger partial charge >= 0.3 is 0 Å². The average molecular weight is 418 g/mol. The van der Waals surface area contributed by atoms with Crippen LogP contribution in [0.25, 0.3) is 0 Å². The molecule has 2 amide bonds. The Morgan fingerprint density at radius 1 is 1.17 bits per heavy atom. The summed E-state index contributed by atoms with van der Waals surface area (Å²) in [6.45, 7) is 4.11. The van der Waals surface area contributed by atoms with E-state index >= 15 is 0 Å². The molecule has 0 aliphatic carbocycles. The van der Waals surface area contributed by atoms with E-state index in [0.717, 1.165) is 19.3 Å². The fraction of sp³-hybridized carbons (Fsp3) is 0.455. The van der Waals surface area contributed by atoms with Gasteiger partial charge in [0.2, 0.25) is 11.8 Å². The fourth-order valence-electron chi connectivity index (χ4n) is 3.59. The number of piperidine rings is 1. The van der Waals surface area contributed by atoms with Crippen molar-refractivity contribution < 1.29 is 14.0 Å². The van der Waals surface area contributed by atoms with Crippen molar-refractivity contribution in [1.82, 2.24) is 15.5 Å². The van der Waals surface area contributed by atoms with Gasteiger partial charge in [-0.1, -0.05) is 24.3 Å². The molecular weight excluding hydrogens is 389 g/mol. The number of likely N-dealkylation sites (tertiary alicyclic amines) is 1. The van der Waals surface area contributed by atoms with E-state index in [1.165, 1.54) is 10.9 Å². The van der Waals surface area contributed by atoms with Gasteiger partial charge in [0, 0.05) is 29.4 Å². The van der Waals surface area contributed by atoms with Crippen LogP contribution in [0.4, 0.5) is 4.39 Å². The van der Waals surface area contributed by atoms with Crippen molar-refractivity contribution >= 4 is 23.2 Å². The Labute approximate surface area is 175 Å². The summed E-state index contributed by atoms with van der Waals surface area (Å²) in [5.41, 5.74) is 0.478. The van der Waals surface area contributed by atoms with Gasteiger partial charge in [-0.15, -0.1) is 11.3 Å². The normalized spacial score (nSPS) is 16.3. The first kappa shape index (κ1) is 21.5. The van der Waals surface area contributed by atoms with E-state index in [4.69, 9.17) is 0 Å². The van der Waals surface area contributed by atoms with E-state index in [1.807, 2.05) is 18.4 Å². The van der Waals surface area contributed by atoms with Crippen LogP contribution in [-0.2, 0) is 22.6 Å². The van der Waals surface area contributed by atoms with Gasteiger partial charge < -0.3 is 10.6 Å². The highest BCUT2D eigenvalue weighted by Crippen LogP contribution is 2.19. The number of rotatable bonds is 8. The molecule has 7 heteroatoms. The molecule has 0 saturated carbocycles. The highest BCUT2D eigenvalue weighted by atomic mass is 32.1. The lowest BCUT2D eigenvalue weighted by Gasteiger charge is -2.34. The quantitative estimate of drug-likeness (QED) is 0.694. The van der Waals surface area contributed by atoms with Gasteiger partial charge in [-0.3, -0.25) is 14.5 Å². The van der Waals surface area contributed by atoms with Gasteiger partial charge in [0.25, 0.3) is 0 Å². The third kappa shape index (κ3) is 6.11. The van der Waals surface area contributed by atoms with Crippen LogP contribution in [0.3, 0.4) is 0 Å². The molecule has 1 atom stereocenters. The Hall–Kier alpha value is -2.25. The molecular formula is C22H28FN3O2S. The smallest absolute Gasteiger partial charge is 0.237 e. The van der Waals surface area contributed by atoms with Gasteiger partial charge in [-0.05, 0) is 56.8 Å². The Kier molecular flexibility index (Phi) is 7.77. The molecule has 1 aromatic heterocycles. The molecule has 29 heavy (non-hydrogen) atoms. The predicted octanol–water partition coefficient (Wildman–Crippen LogP) is 2.96. The molecule has 2 aromatic rings. The number of nitrogens with zero attached hydrogens (tertiary/aromatic N) is 1. The molecule has 1 aliphatic heterocycles. The largest absolute Gasteiger partial charge is 0.355 e. The van der Waals surface area contributed by atoms with Crippen molar-refractivity contribution in [2.24, 2.45) is 5.92 Å². The Balaban J connectivity index is 1.38. The standard InChI is InChI=1S/C22H28FN3O2S/c1-16(21(27)25-15-18-5-2-3-7-20(18)23)26-12-9-17(10-13-26)22(28)24-11-8-19-6-4-14-29-19/h2-7,14,16-17H,8-13,15H2,1H3,(H,24,28)(H,25,27). The van der Waals surface area contributed by atoms with E-state index in [0.29, 0.717) is 25.2 Å². The first-order chi connectivity index (χ1) is 14.0. The summed E-state index contributed by atoms with van der Waals surface area (Å²) >= 11 is 1.70. The summed E-state index contributed by atoms with van der Waals surface area (Å²) in [6.07, 6.45) is 2.35. The van der Waals surface area contributed by atoms with Crippen molar-refractivity contribution in [3.63, 3.8) is 0 Å². The van der Waals surface area contributed by atoms with Crippen molar-refractivity contribution in [2.75, 3.05) is 19.6 Å². The van der Waals surface area contributed by atoms with Crippen LogP contribution < -0.4 is 10.6 Å². The molecule has 0 bridgehead atoms. The van der Waals surface area contributed by atoms with E-state index < -0.39 is 0 Å². The zero-order valence-electron chi connectivity index (χ0n) is 16.7. The number of carbonyl (C=O) groups excluding carboxylic acids is 2. The van der Waals surface area contributed by atoms with Gasteiger partial charge in [0.05, 0.1) is 6.04 Å². The lowest BCUT2D eigenvalue weighted by Crippen LogP contribution is -2.49. The second kappa shape index (κ2) is 10.5. The summed E-state index contributed by atoms with van der Waals surface area (Å²) in [4.78, 5) is 28.2. The van der Waals surface area contributed by atoms with Gasteiger partial charge in [0.1, 0.15) is 5.82 Å². The van der Waals surface area contributed by atoms with Crippen LogP contribution in [0, 0.1) is 11.7 Å². The molecule has 1 saturated heterocycles. The third-order valence-corrected chi connectivity index (χ3v) is 6.43. The predicted molar refractivity (Wildman–Crippen MR) is 113 cm³/mol. The van der Waals surface area contributed by atoms with Gasteiger partial charge in [-0.2, -0.15) is 0 Å². The summed E-state index contributed by atoms with van der Waals surface area (Å²) < 4.78 is 13.7. The molecule has 1 unspecified atom stereocenters. The maximum absolute atomic E-state index is 13.7. The SMILES string of the molecule is CC(C(=O)NCc1ccccc1F)N1CCC(C(=O)NCCc2cccs2)CC1. The van der Waals surface area contributed by atoms with Gasteiger partial charge in [-0.25, -0.2) is 4.39 Å². The fourth-order valence-corrected chi connectivity index (χ4v) is 4.30. The maximum atomic E-state index is 13.7. The maximum Gasteiger partial charge on any atom is 0.237 e. The van der Waals surface area contributed by atoms with E-state index in [1.54, 1.807) is 29.5 Å². The Bertz CT molecular complexity index is 804. The number of thiophene rings is 1. The van der Waals surface area contributed by atoms with Crippen molar-refractivity contribution in [2.45, 2.75) is 38.8 Å². The van der Waals surface area contributed by atoms with Crippen molar-refractivity contribution in [3.8, 4) is 0 Å². The molecule has 0 spiro atoms. The zero-order valence-corrected chi connectivity index (χ0v) is 17.5. The third-order valence-electron chi connectivity index (χ3n) is 5.49. The molecule has 156 valence electrons. The molecule has 1 aliphatic rings. The molecule has 2 heterocycles. The van der Waals surface area contributed by atoms with E-state index in [9.17, 15) is 14.0 Å². The highest BCUT2D eigenvalue weighted by Gasteiger charge is 2.29. The van der Waals surface area contributed by atoms with Crippen molar-refractivity contribution in [1.29, 1.82) is 0 Å². The first-order valence-electron chi connectivity index (χ1n) is 10.1. The minimum Gasteiger partial charge on any atom is -0.355 e. The molecule has 1 aromatic carbocycles. The molecule has 2 N–H and O–H groups in total. The second-order valence-electron chi connectivity index (χ2n) is 7.42. The van der Waals surface area contributed by atoms with Crippen LogP contribution in [-0.4, -0.2) is 42.4 Å². The topological polar surface area (TPSA) is 61.4 Å². The van der Waals surface area contributed by atoms with Crippen LogP contribution >= 0.6 is 11.3 Å². The lowest BCUT2D eigenvalue weighted by atomic mass is 9.95. The lowest BCUT2D eigenvalue weighted by molar-refractivity contribution is -0.128. The number of hydrogen-bond acceptors (Lipinski definition) is 4. The first-order valence-corrected chi connectivity index (χ1v) is 11.0. The Morgan fingerprint density at radius 3 is 2.62 bits per heavy atom. The number of benzene rings is 1. The number of amides is 2. The summed E-state index contributed by atoms with van der Waals surface area (Å²) in [6, 6.07) is 10.2. The van der Waals surface area contributed by atoms with E-state index in [2.05, 4.69) is 21.6 Å².